The Morgan fingerprint density at radius 1 is 1.17 bits per heavy atom. The molecule has 0 unspecified atom stereocenters. The molecule has 24 heavy (non-hydrogen) atoms. The number of hydrogen-bond acceptors (Lipinski definition) is 4. The quantitative estimate of drug-likeness (QED) is 0.688. The van der Waals surface area contributed by atoms with Gasteiger partial charge in [-0.25, -0.2) is 0 Å². The molecule has 1 aliphatic heterocycles. The fourth-order valence-corrected chi connectivity index (χ4v) is 3.45. The Bertz CT molecular complexity index is 723. The summed E-state index contributed by atoms with van der Waals surface area (Å²) in [6.07, 6.45) is 1.88. The molecular weight excluding hydrogens is 304 g/mol. The molecule has 1 N–H and O–H groups in total. The fraction of sp³-hybridized carbons (Fsp3) is 0.368. The van der Waals surface area contributed by atoms with Crippen molar-refractivity contribution in [3.63, 3.8) is 0 Å². The van der Waals surface area contributed by atoms with Crippen LogP contribution in [0.2, 0.25) is 0 Å². The minimum atomic E-state index is -0.346. The van der Waals surface area contributed by atoms with E-state index in [-0.39, 0.29) is 22.6 Å². The predicted octanol–water partition coefficient (Wildman–Crippen LogP) is 3.65. The summed E-state index contributed by atoms with van der Waals surface area (Å²) in [7, 11) is 0. The SMILES string of the molecule is CC1(c2ccccc2)CCN(c2cc(CO)ccc2[N+](=O)[O-])CC1. The molecule has 0 amide bonds. The standard InChI is InChI=1S/C19H22N2O3/c1-19(16-5-3-2-4-6-16)9-11-20(12-10-19)18-13-15(14-22)7-8-17(18)21(23)24/h2-8,13,22H,9-12,14H2,1H3. The van der Waals surface area contributed by atoms with Crippen LogP contribution < -0.4 is 4.90 Å². The van der Waals surface area contributed by atoms with E-state index in [0.717, 1.165) is 25.9 Å². The van der Waals surface area contributed by atoms with Crippen molar-refractivity contribution in [3.05, 3.63) is 69.8 Å². The van der Waals surface area contributed by atoms with E-state index in [2.05, 4.69) is 36.1 Å². The summed E-state index contributed by atoms with van der Waals surface area (Å²) in [4.78, 5) is 13.1. The lowest BCUT2D eigenvalue weighted by atomic mass is 9.74. The van der Waals surface area contributed by atoms with Gasteiger partial charge in [-0.1, -0.05) is 37.3 Å². The molecule has 0 radical (unpaired) electrons. The molecule has 5 nitrogen and oxygen atoms in total. The first kappa shape index (κ1) is 16.5. The van der Waals surface area contributed by atoms with Crippen molar-refractivity contribution < 1.29 is 10.0 Å². The lowest BCUT2D eigenvalue weighted by Crippen LogP contribution is -2.41. The molecule has 2 aromatic rings. The van der Waals surface area contributed by atoms with Crippen LogP contribution in [0.25, 0.3) is 0 Å². The Hall–Kier alpha value is -2.40. The Balaban J connectivity index is 1.83. The summed E-state index contributed by atoms with van der Waals surface area (Å²) in [6, 6.07) is 15.3. The Morgan fingerprint density at radius 2 is 1.83 bits per heavy atom. The van der Waals surface area contributed by atoms with Gasteiger partial charge in [0.05, 0.1) is 11.5 Å². The minimum absolute atomic E-state index is 0.0983. The smallest absolute Gasteiger partial charge is 0.292 e. The molecule has 0 bridgehead atoms. The first-order valence-corrected chi connectivity index (χ1v) is 8.22. The van der Waals surface area contributed by atoms with Gasteiger partial charge in [0, 0.05) is 19.2 Å². The van der Waals surface area contributed by atoms with E-state index in [1.807, 2.05) is 6.07 Å². The summed E-state index contributed by atoms with van der Waals surface area (Å²) in [6.45, 7) is 3.68. The maximum atomic E-state index is 11.3. The number of hydrogen-bond donors (Lipinski definition) is 1. The molecule has 1 aliphatic rings. The number of piperidine rings is 1. The van der Waals surface area contributed by atoms with Crippen LogP contribution in [0, 0.1) is 10.1 Å². The average molecular weight is 326 g/mol. The molecule has 5 heteroatoms. The largest absolute Gasteiger partial charge is 0.392 e. The van der Waals surface area contributed by atoms with Gasteiger partial charge in [-0.05, 0) is 41.5 Å². The van der Waals surface area contributed by atoms with Crippen molar-refractivity contribution >= 4 is 11.4 Å². The van der Waals surface area contributed by atoms with E-state index in [1.54, 1.807) is 12.1 Å². The van der Waals surface area contributed by atoms with Gasteiger partial charge in [0.15, 0.2) is 0 Å². The van der Waals surface area contributed by atoms with Gasteiger partial charge in [0.1, 0.15) is 5.69 Å². The first-order chi connectivity index (χ1) is 11.5. The van der Waals surface area contributed by atoms with Gasteiger partial charge in [0.25, 0.3) is 5.69 Å². The second-order valence-electron chi connectivity index (χ2n) is 6.65. The van der Waals surface area contributed by atoms with Crippen molar-refractivity contribution in [3.8, 4) is 0 Å². The fourth-order valence-electron chi connectivity index (χ4n) is 3.45. The zero-order valence-electron chi connectivity index (χ0n) is 13.8. The van der Waals surface area contributed by atoms with Crippen LogP contribution in [0.15, 0.2) is 48.5 Å². The summed E-state index contributed by atoms with van der Waals surface area (Å²) in [5.41, 5.74) is 2.84. The number of rotatable bonds is 4. The van der Waals surface area contributed by atoms with E-state index in [0.29, 0.717) is 11.3 Å². The molecule has 1 fully saturated rings. The summed E-state index contributed by atoms with van der Waals surface area (Å²) >= 11 is 0. The summed E-state index contributed by atoms with van der Waals surface area (Å²) < 4.78 is 0. The third kappa shape index (κ3) is 3.12. The zero-order valence-corrected chi connectivity index (χ0v) is 13.8. The van der Waals surface area contributed by atoms with Crippen LogP contribution in [-0.4, -0.2) is 23.1 Å². The van der Waals surface area contributed by atoms with Gasteiger partial charge in [0.2, 0.25) is 0 Å². The van der Waals surface area contributed by atoms with Gasteiger partial charge >= 0.3 is 0 Å². The molecule has 0 saturated carbocycles. The normalized spacial score (nSPS) is 16.8. The Morgan fingerprint density at radius 3 is 2.42 bits per heavy atom. The van der Waals surface area contributed by atoms with Crippen LogP contribution in [0.1, 0.15) is 30.9 Å². The third-order valence-corrected chi connectivity index (χ3v) is 5.10. The first-order valence-electron chi connectivity index (χ1n) is 8.22. The predicted molar refractivity (Wildman–Crippen MR) is 94.3 cm³/mol. The van der Waals surface area contributed by atoms with Crippen molar-refractivity contribution in [1.82, 2.24) is 0 Å². The van der Waals surface area contributed by atoms with Gasteiger partial charge < -0.3 is 10.0 Å². The Labute approximate surface area is 141 Å². The van der Waals surface area contributed by atoms with Crippen molar-refractivity contribution in [2.75, 3.05) is 18.0 Å². The second kappa shape index (κ2) is 6.61. The van der Waals surface area contributed by atoms with Crippen LogP contribution in [-0.2, 0) is 12.0 Å². The summed E-state index contributed by atoms with van der Waals surface area (Å²) in [5.74, 6) is 0. The molecule has 2 aromatic carbocycles. The molecule has 0 spiro atoms. The molecule has 0 aliphatic carbocycles. The highest BCUT2D eigenvalue weighted by Crippen LogP contribution is 2.38. The number of benzene rings is 2. The topological polar surface area (TPSA) is 66.6 Å². The van der Waals surface area contributed by atoms with E-state index < -0.39 is 0 Å². The number of anilines is 1. The third-order valence-electron chi connectivity index (χ3n) is 5.10. The minimum Gasteiger partial charge on any atom is -0.392 e. The van der Waals surface area contributed by atoms with Crippen LogP contribution in [0.5, 0.6) is 0 Å². The maximum absolute atomic E-state index is 11.3. The van der Waals surface area contributed by atoms with E-state index in [9.17, 15) is 15.2 Å². The average Bonchev–Trinajstić information content (AvgIpc) is 2.62. The number of nitrogens with zero attached hydrogens (tertiary/aromatic N) is 2. The monoisotopic (exact) mass is 326 g/mol. The highest BCUT2D eigenvalue weighted by molar-refractivity contribution is 5.65. The highest BCUT2D eigenvalue weighted by Gasteiger charge is 2.33. The summed E-state index contributed by atoms with van der Waals surface area (Å²) in [5, 5.41) is 20.7. The number of nitro groups is 1. The molecule has 126 valence electrons. The van der Waals surface area contributed by atoms with Crippen molar-refractivity contribution in [1.29, 1.82) is 0 Å². The number of aliphatic hydroxyl groups excluding tert-OH is 1. The van der Waals surface area contributed by atoms with E-state index >= 15 is 0 Å². The maximum Gasteiger partial charge on any atom is 0.292 e. The van der Waals surface area contributed by atoms with E-state index in [1.165, 1.54) is 11.6 Å². The van der Waals surface area contributed by atoms with Crippen LogP contribution >= 0.6 is 0 Å². The molecular formula is C19H22N2O3. The lowest BCUT2D eigenvalue weighted by molar-refractivity contribution is -0.384. The van der Waals surface area contributed by atoms with Crippen molar-refractivity contribution in [2.45, 2.75) is 31.8 Å². The van der Waals surface area contributed by atoms with Crippen LogP contribution in [0.4, 0.5) is 11.4 Å². The number of nitro benzene ring substituents is 1. The van der Waals surface area contributed by atoms with Gasteiger partial charge in [-0.3, -0.25) is 10.1 Å². The molecule has 3 rings (SSSR count). The van der Waals surface area contributed by atoms with Gasteiger partial charge in [-0.2, -0.15) is 0 Å². The Kier molecular flexibility index (Phi) is 4.53. The molecule has 0 atom stereocenters. The highest BCUT2D eigenvalue weighted by atomic mass is 16.6. The lowest BCUT2D eigenvalue weighted by Gasteiger charge is -2.40. The number of aliphatic hydroxyl groups is 1. The molecule has 1 saturated heterocycles. The van der Waals surface area contributed by atoms with Crippen LogP contribution in [0.3, 0.4) is 0 Å². The van der Waals surface area contributed by atoms with Gasteiger partial charge in [-0.15, -0.1) is 0 Å². The van der Waals surface area contributed by atoms with Crippen molar-refractivity contribution in [2.24, 2.45) is 0 Å². The van der Waals surface area contributed by atoms with E-state index in [4.69, 9.17) is 0 Å². The molecule has 1 heterocycles. The second-order valence-corrected chi connectivity index (χ2v) is 6.65. The zero-order chi connectivity index (χ0) is 17.2. The molecule has 0 aromatic heterocycles.